The molecule has 1 aromatic carbocycles. The molecule has 0 bridgehead atoms. The van der Waals surface area contributed by atoms with Crippen LogP contribution < -0.4 is 0 Å². The Morgan fingerprint density at radius 3 is 2.50 bits per heavy atom. The van der Waals surface area contributed by atoms with Gasteiger partial charge in [-0.2, -0.15) is 0 Å². The van der Waals surface area contributed by atoms with Crippen LogP contribution in [0.4, 0.5) is 0 Å². The van der Waals surface area contributed by atoms with Crippen LogP contribution in [-0.2, 0) is 9.84 Å². The predicted octanol–water partition coefficient (Wildman–Crippen LogP) is 5.07. The minimum absolute atomic E-state index is 0.431. The van der Waals surface area contributed by atoms with E-state index < -0.39 is 15.2 Å². The summed E-state index contributed by atoms with van der Waals surface area (Å²) in [5.41, 5.74) is 1.25. The van der Waals surface area contributed by atoms with Gasteiger partial charge in [-0.3, -0.25) is 4.90 Å². The van der Waals surface area contributed by atoms with Gasteiger partial charge in [0.2, 0.25) is 0 Å². The molecule has 2 heterocycles. The van der Waals surface area contributed by atoms with Crippen molar-refractivity contribution in [1.29, 1.82) is 0 Å². The standard InChI is InChI=1S/C21H27NO2S2/c1-17(2)12-13-21(26(23,24)19-9-4-3-5-10-19)22-14-6-8-18(16-22)20-11-7-15-25-20/h3-5,7-11,15,17,21H,6,12-14,16H2,1-2H3. The Hall–Kier alpha value is -1.43. The summed E-state index contributed by atoms with van der Waals surface area (Å²) in [7, 11) is -3.39. The SMILES string of the molecule is CC(C)CCC(N1CCC=C(c2cccs2)C1)S(=O)(=O)c1ccccc1. The van der Waals surface area contributed by atoms with Crippen LogP contribution in [0.3, 0.4) is 0 Å². The summed E-state index contributed by atoms with van der Waals surface area (Å²) >= 11 is 1.72. The van der Waals surface area contributed by atoms with Crippen LogP contribution >= 0.6 is 11.3 Å². The first-order chi connectivity index (χ1) is 12.5. The summed E-state index contributed by atoms with van der Waals surface area (Å²) in [5.74, 6) is 0.487. The van der Waals surface area contributed by atoms with Gasteiger partial charge in [0.1, 0.15) is 5.37 Å². The zero-order valence-electron chi connectivity index (χ0n) is 15.5. The molecule has 0 fully saturated rings. The Morgan fingerprint density at radius 1 is 1.08 bits per heavy atom. The summed E-state index contributed by atoms with van der Waals surface area (Å²) in [5, 5.41) is 1.61. The van der Waals surface area contributed by atoms with Gasteiger partial charge in [-0.05, 0) is 54.3 Å². The number of benzene rings is 1. The Morgan fingerprint density at radius 2 is 1.85 bits per heavy atom. The summed E-state index contributed by atoms with van der Waals surface area (Å²) in [4.78, 5) is 3.84. The van der Waals surface area contributed by atoms with E-state index in [0.29, 0.717) is 23.8 Å². The Kier molecular flexibility index (Phi) is 6.33. The fourth-order valence-electron chi connectivity index (χ4n) is 3.43. The summed E-state index contributed by atoms with van der Waals surface area (Å²) in [6.45, 7) is 5.80. The van der Waals surface area contributed by atoms with Gasteiger partial charge in [-0.25, -0.2) is 8.42 Å². The van der Waals surface area contributed by atoms with E-state index in [0.717, 1.165) is 19.4 Å². The molecule has 0 spiro atoms. The van der Waals surface area contributed by atoms with E-state index in [2.05, 4.69) is 42.3 Å². The minimum atomic E-state index is -3.39. The van der Waals surface area contributed by atoms with E-state index in [4.69, 9.17) is 0 Å². The minimum Gasteiger partial charge on any atom is -0.282 e. The maximum Gasteiger partial charge on any atom is 0.194 e. The topological polar surface area (TPSA) is 37.4 Å². The zero-order chi connectivity index (χ0) is 18.6. The Bertz CT molecular complexity index is 824. The molecule has 0 amide bonds. The van der Waals surface area contributed by atoms with Gasteiger partial charge >= 0.3 is 0 Å². The second-order valence-electron chi connectivity index (χ2n) is 7.25. The molecule has 3 nitrogen and oxygen atoms in total. The van der Waals surface area contributed by atoms with E-state index in [9.17, 15) is 8.42 Å². The first-order valence-corrected chi connectivity index (χ1v) is 11.7. The highest BCUT2D eigenvalue weighted by Gasteiger charge is 2.34. The molecule has 0 N–H and O–H groups in total. The monoisotopic (exact) mass is 389 g/mol. The molecule has 26 heavy (non-hydrogen) atoms. The number of hydrogen-bond donors (Lipinski definition) is 0. The molecule has 1 unspecified atom stereocenters. The molecule has 5 heteroatoms. The van der Waals surface area contributed by atoms with E-state index in [1.807, 2.05) is 6.07 Å². The van der Waals surface area contributed by atoms with Gasteiger partial charge in [0.05, 0.1) is 4.90 Å². The van der Waals surface area contributed by atoms with Crippen molar-refractivity contribution in [1.82, 2.24) is 4.90 Å². The maximum atomic E-state index is 13.4. The lowest BCUT2D eigenvalue weighted by Crippen LogP contribution is -2.44. The molecular formula is C21H27NO2S2. The average molecular weight is 390 g/mol. The zero-order valence-corrected chi connectivity index (χ0v) is 17.1. The molecule has 0 saturated carbocycles. The molecule has 1 aliphatic rings. The molecular weight excluding hydrogens is 362 g/mol. The van der Waals surface area contributed by atoms with Gasteiger partial charge in [0, 0.05) is 18.0 Å². The van der Waals surface area contributed by atoms with Gasteiger partial charge in [-0.15, -0.1) is 11.3 Å². The first-order valence-electron chi connectivity index (χ1n) is 9.24. The van der Waals surface area contributed by atoms with Gasteiger partial charge in [0.25, 0.3) is 0 Å². The van der Waals surface area contributed by atoms with Crippen molar-refractivity contribution in [3.63, 3.8) is 0 Å². The molecule has 0 radical (unpaired) electrons. The van der Waals surface area contributed by atoms with Crippen molar-refractivity contribution in [3.8, 4) is 0 Å². The number of thiophene rings is 1. The lowest BCUT2D eigenvalue weighted by molar-refractivity contribution is 0.255. The Balaban J connectivity index is 1.88. The fourth-order valence-corrected chi connectivity index (χ4v) is 6.06. The van der Waals surface area contributed by atoms with E-state index in [-0.39, 0.29) is 0 Å². The van der Waals surface area contributed by atoms with Crippen LogP contribution in [0, 0.1) is 5.92 Å². The number of nitrogens with zero attached hydrogens (tertiary/aromatic N) is 1. The molecule has 1 aromatic heterocycles. The average Bonchev–Trinajstić information content (AvgIpc) is 3.17. The number of sulfone groups is 1. The smallest absolute Gasteiger partial charge is 0.194 e. The lowest BCUT2D eigenvalue weighted by Gasteiger charge is -2.34. The van der Waals surface area contributed by atoms with Crippen molar-refractivity contribution in [2.24, 2.45) is 5.92 Å². The third kappa shape index (κ3) is 4.45. The van der Waals surface area contributed by atoms with Crippen LogP contribution in [0.1, 0.15) is 38.0 Å². The molecule has 1 aliphatic heterocycles. The third-order valence-corrected chi connectivity index (χ3v) is 7.97. The van der Waals surface area contributed by atoms with E-state index >= 15 is 0 Å². The quantitative estimate of drug-likeness (QED) is 0.663. The summed E-state index contributed by atoms with van der Waals surface area (Å²) in [6.07, 6.45) is 4.74. The normalized spacial score (nSPS) is 17.3. The Labute approximate surface area is 161 Å². The largest absolute Gasteiger partial charge is 0.282 e. The van der Waals surface area contributed by atoms with Crippen molar-refractivity contribution < 1.29 is 8.42 Å². The summed E-state index contributed by atoms with van der Waals surface area (Å²) in [6, 6.07) is 13.1. The van der Waals surface area contributed by atoms with Crippen LogP contribution in [0.15, 0.2) is 58.8 Å². The molecule has 2 aromatic rings. The van der Waals surface area contributed by atoms with Gasteiger partial charge in [0.15, 0.2) is 9.84 Å². The predicted molar refractivity (Wildman–Crippen MR) is 110 cm³/mol. The summed E-state index contributed by atoms with van der Waals surface area (Å²) < 4.78 is 26.8. The van der Waals surface area contributed by atoms with Crippen molar-refractivity contribution in [2.75, 3.05) is 13.1 Å². The van der Waals surface area contributed by atoms with Crippen LogP contribution in [0.2, 0.25) is 0 Å². The highest BCUT2D eigenvalue weighted by atomic mass is 32.2. The third-order valence-electron chi connectivity index (χ3n) is 4.85. The molecule has 1 atom stereocenters. The van der Waals surface area contributed by atoms with Crippen molar-refractivity contribution in [3.05, 3.63) is 58.8 Å². The molecule has 0 saturated heterocycles. The molecule has 0 aliphatic carbocycles. The van der Waals surface area contributed by atoms with Gasteiger partial charge < -0.3 is 0 Å². The van der Waals surface area contributed by atoms with Crippen LogP contribution in [0.25, 0.3) is 5.57 Å². The molecule has 3 rings (SSSR count). The maximum absolute atomic E-state index is 13.4. The molecule has 140 valence electrons. The van der Waals surface area contributed by atoms with E-state index in [1.54, 1.807) is 35.6 Å². The number of rotatable bonds is 7. The fraction of sp³-hybridized carbons (Fsp3) is 0.429. The number of hydrogen-bond acceptors (Lipinski definition) is 4. The van der Waals surface area contributed by atoms with Crippen LogP contribution in [0.5, 0.6) is 0 Å². The van der Waals surface area contributed by atoms with Crippen molar-refractivity contribution >= 4 is 26.7 Å². The second-order valence-corrected chi connectivity index (χ2v) is 10.3. The highest BCUT2D eigenvalue weighted by molar-refractivity contribution is 7.92. The van der Waals surface area contributed by atoms with E-state index in [1.165, 1.54) is 10.5 Å². The first kappa shape index (κ1) is 19.3. The van der Waals surface area contributed by atoms with Crippen molar-refractivity contribution in [2.45, 2.75) is 43.4 Å². The lowest BCUT2D eigenvalue weighted by atomic mass is 10.1. The van der Waals surface area contributed by atoms with Crippen LogP contribution in [-0.4, -0.2) is 31.8 Å². The highest BCUT2D eigenvalue weighted by Crippen LogP contribution is 2.30. The second kappa shape index (κ2) is 8.51. The van der Waals surface area contributed by atoms with Gasteiger partial charge in [-0.1, -0.05) is 44.2 Å².